The Labute approximate surface area is 108 Å². The Kier molecular flexibility index (Phi) is 3.77. The summed E-state index contributed by atoms with van der Waals surface area (Å²) in [5, 5.41) is 20.1. The van der Waals surface area contributed by atoms with Crippen LogP contribution in [0.25, 0.3) is 0 Å². The first kappa shape index (κ1) is 12.6. The summed E-state index contributed by atoms with van der Waals surface area (Å²) >= 11 is 0. The summed E-state index contributed by atoms with van der Waals surface area (Å²) in [6, 6.07) is 6.20. The Morgan fingerprint density at radius 2 is 1.84 bits per heavy atom. The van der Waals surface area contributed by atoms with E-state index in [1.165, 1.54) is 6.20 Å². The Morgan fingerprint density at radius 3 is 2.42 bits per heavy atom. The fraction of sp³-hybridized carbons (Fsp3) is 0.0833. The van der Waals surface area contributed by atoms with E-state index in [-0.39, 0.29) is 6.42 Å². The van der Waals surface area contributed by atoms with Crippen LogP contribution in [0.15, 0.2) is 36.7 Å². The summed E-state index contributed by atoms with van der Waals surface area (Å²) in [6.07, 6.45) is 2.99. The highest BCUT2D eigenvalue weighted by Crippen LogP contribution is 2.11. The van der Waals surface area contributed by atoms with E-state index in [9.17, 15) is 9.59 Å². The van der Waals surface area contributed by atoms with Gasteiger partial charge in [-0.25, -0.2) is 4.79 Å². The van der Waals surface area contributed by atoms with Crippen LogP contribution >= 0.6 is 0 Å². The second kappa shape index (κ2) is 5.67. The average molecular weight is 260 g/mol. The molecule has 1 heterocycles. The standard InChI is InChI=1S/C12H12N4O3/c17-11(18)5-8-1-3-9(4-2-8)15-12(19)16-10-6-13-14-7-10/h1-4,6-7H,5H2,(H,13,14)(H,17,18)(H2,15,16,19). The number of carboxylic acid groups (broad SMARTS) is 1. The molecule has 2 aromatic rings. The highest BCUT2D eigenvalue weighted by molar-refractivity contribution is 5.99. The number of urea groups is 1. The van der Waals surface area contributed by atoms with Gasteiger partial charge in [-0.2, -0.15) is 5.10 Å². The number of rotatable bonds is 4. The van der Waals surface area contributed by atoms with Gasteiger partial charge in [0.15, 0.2) is 0 Å². The number of carbonyl (C=O) groups is 2. The molecule has 1 aromatic heterocycles. The van der Waals surface area contributed by atoms with E-state index in [2.05, 4.69) is 20.8 Å². The molecule has 7 nitrogen and oxygen atoms in total. The van der Waals surface area contributed by atoms with E-state index in [1.807, 2.05) is 0 Å². The van der Waals surface area contributed by atoms with Crippen LogP contribution < -0.4 is 10.6 Å². The topological polar surface area (TPSA) is 107 Å². The van der Waals surface area contributed by atoms with Gasteiger partial charge in [0.05, 0.1) is 18.3 Å². The first-order valence-corrected chi connectivity index (χ1v) is 5.51. The molecule has 0 aliphatic carbocycles. The molecule has 19 heavy (non-hydrogen) atoms. The lowest BCUT2D eigenvalue weighted by Gasteiger charge is -2.06. The van der Waals surface area contributed by atoms with Gasteiger partial charge in [-0.1, -0.05) is 12.1 Å². The molecule has 0 aliphatic rings. The summed E-state index contributed by atoms with van der Waals surface area (Å²) in [7, 11) is 0. The van der Waals surface area contributed by atoms with Crippen LogP contribution in [0.1, 0.15) is 5.56 Å². The summed E-state index contributed by atoms with van der Waals surface area (Å²) in [5.41, 5.74) is 1.81. The van der Waals surface area contributed by atoms with Crippen LogP contribution in [0.2, 0.25) is 0 Å². The van der Waals surface area contributed by atoms with Crippen molar-refractivity contribution < 1.29 is 14.7 Å². The summed E-state index contributed by atoms with van der Waals surface area (Å²) in [6.45, 7) is 0. The van der Waals surface area contributed by atoms with E-state index < -0.39 is 12.0 Å². The highest BCUT2D eigenvalue weighted by atomic mass is 16.4. The molecule has 4 N–H and O–H groups in total. The molecular formula is C12H12N4O3. The largest absolute Gasteiger partial charge is 0.481 e. The third-order valence-corrected chi connectivity index (χ3v) is 2.32. The monoisotopic (exact) mass is 260 g/mol. The number of hydrogen-bond acceptors (Lipinski definition) is 3. The predicted molar refractivity (Wildman–Crippen MR) is 69.0 cm³/mol. The molecule has 0 spiro atoms. The van der Waals surface area contributed by atoms with Crippen molar-refractivity contribution in [2.24, 2.45) is 0 Å². The number of aromatic amines is 1. The number of carboxylic acids is 1. The minimum atomic E-state index is -0.890. The van der Waals surface area contributed by atoms with Crippen LogP contribution in [-0.2, 0) is 11.2 Å². The lowest BCUT2D eigenvalue weighted by molar-refractivity contribution is -0.136. The van der Waals surface area contributed by atoms with Gasteiger partial charge < -0.3 is 15.7 Å². The van der Waals surface area contributed by atoms with Crippen molar-refractivity contribution in [3.05, 3.63) is 42.2 Å². The SMILES string of the molecule is O=C(O)Cc1ccc(NC(=O)Nc2cn[nH]c2)cc1. The molecule has 0 radical (unpaired) electrons. The number of H-pyrrole nitrogens is 1. The predicted octanol–water partition coefficient (Wildman–Crippen LogP) is 1.68. The first-order valence-electron chi connectivity index (χ1n) is 5.51. The van der Waals surface area contributed by atoms with E-state index in [4.69, 9.17) is 5.11 Å². The fourth-order valence-electron chi connectivity index (χ4n) is 1.49. The van der Waals surface area contributed by atoms with Gasteiger partial charge in [-0.05, 0) is 17.7 Å². The Bertz CT molecular complexity index is 563. The molecular weight excluding hydrogens is 248 g/mol. The van der Waals surface area contributed by atoms with E-state index in [1.54, 1.807) is 30.5 Å². The molecule has 0 saturated carbocycles. The number of amides is 2. The van der Waals surface area contributed by atoms with Crippen molar-refractivity contribution in [2.75, 3.05) is 10.6 Å². The number of nitrogens with zero attached hydrogens (tertiary/aromatic N) is 1. The molecule has 0 unspecified atom stereocenters. The number of hydrogen-bond donors (Lipinski definition) is 4. The van der Waals surface area contributed by atoms with E-state index in [0.717, 1.165) is 0 Å². The third-order valence-electron chi connectivity index (χ3n) is 2.32. The van der Waals surface area contributed by atoms with Gasteiger partial charge in [0.2, 0.25) is 0 Å². The highest BCUT2D eigenvalue weighted by Gasteiger charge is 2.04. The van der Waals surface area contributed by atoms with Crippen molar-refractivity contribution >= 4 is 23.4 Å². The van der Waals surface area contributed by atoms with E-state index in [0.29, 0.717) is 16.9 Å². The summed E-state index contributed by atoms with van der Waals surface area (Å²) < 4.78 is 0. The Balaban J connectivity index is 1.92. The van der Waals surface area contributed by atoms with Gasteiger partial charge in [-0.15, -0.1) is 0 Å². The maximum absolute atomic E-state index is 11.6. The maximum atomic E-state index is 11.6. The molecule has 98 valence electrons. The molecule has 1 aromatic carbocycles. The van der Waals surface area contributed by atoms with Crippen LogP contribution in [0.5, 0.6) is 0 Å². The second-order valence-electron chi connectivity index (χ2n) is 3.83. The molecule has 2 amide bonds. The van der Waals surface area contributed by atoms with Crippen LogP contribution in [0, 0.1) is 0 Å². The van der Waals surface area contributed by atoms with Crippen LogP contribution in [0.4, 0.5) is 16.2 Å². The second-order valence-corrected chi connectivity index (χ2v) is 3.83. The van der Waals surface area contributed by atoms with Crippen molar-refractivity contribution in [2.45, 2.75) is 6.42 Å². The number of aliphatic carboxylic acids is 1. The fourth-order valence-corrected chi connectivity index (χ4v) is 1.49. The zero-order valence-corrected chi connectivity index (χ0v) is 9.88. The van der Waals surface area contributed by atoms with Gasteiger partial charge >= 0.3 is 12.0 Å². The van der Waals surface area contributed by atoms with Crippen molar-refractivity contribution in [3.8, 4) is 0 Å². The lowest BCUT2D eigenvalue weighted by Crippen LogP contribution is -2.19. The van der Waals surface area contributed by atoms with Gasteiger partial charge in [0.1, 0.15) is 0 Å². The molecule has 0 bridgehead atoms. The zero-order valence-electron chi connectivity index (χ0n) is 9.88. The number of benzene rings is 1. The van der Waals surface area contributed by atoms with Gasteiger partial charge in [0.25, 0.3) is 0 Å². The normalized spacial score (nSPS) is 9.89. The molecule has 0 atom stereocenters. The number of nitrogens with one attached hydrogen (secondary N) is 3. The minimum Gasteiger partial charge on any atom is -0.481 e. The summed E-state index contributed by atoms with van der Waals surface area (Å²) in [4.78, 5) is 22.1. The molecule has 0 aliphatic heterocycles. The smallest absolute Gasteiger partial charge is 0.323 e. The Morgan fingerprint density at radius 1 is 1.16 bits per heavy atom. The number of carbonyl (C=O) groups excluding carboxylic acids is 1. The third kappa shape index (κ3) is 3.84. The average Bonchev–Trinajstić information content (AvgIpc) is 2.83. The van der Waals surface area contributed by atoms with Crippen molar-refractivity contribution in [3.63, 3.8) is 0 Å². The zero-order chi connectivity index (χ0) is 13.7. The summed E-state index contributed by atoms with van der Waals surface area (Å²) in [5.74, 6) is -0.890. The first-order chi connectivity index (χ1) is 9.13. The van der Waals surface area contributed by atoms with Crippen LogP contribution in [-0.4, -0.2) is 27.3 Å². The van der Waals surface area contributed by atoms with Crippen molar-refractivity contribution in [1.82, 2.24) is 10.2 Å². The Hall–Kier alpha value is -2.83. The maximum Gasteiger partial charge on any atom is 0.323 e. The lowest BCUT2D eigenvalue weighted by atomic mass is 10.1. The number of aromatic nitrogens is 2. The number of anilines is 2. The molecule has 0 fully saturated rings. The van der Waals surface area contributed by atoms with Gasteiger partial charge in [-0.3, -0.25) is 9.89 Å². The quantitative estimate of drug-likeness (QED) is 0.670. The minimum absolute atomic E-state index is 0.0402. The van der Waals surface area contributed by atoms with E-state index >= 15 is 0 Å². The van der Waals surface area contributed by atoms with Gasteiger partial charge in [0, 0.05) is 11.9 Å². The molecule has 7 heteroatoms. The van der Waals surface area contributed by atoms with Crippen LogP contribution in [0.3, 0.4) is 0 Å². The van der Waals surface area contributed by atoms with Crippen molar-refractivity contribution in [1.29, 1.82) is 0 Å². The molecule has 0 saturated heterocycles. The molecule has 2 rings (SSSR count).